The van der Waals surface area contributed by atoms with E-state index in [-0.39, 0.29) is 23.9 Å². The van der Waals surface area contributed by atoms with E-state index >= 15 is 0 Å². The molecule has 1 N–H and O–H groups in total. The maximum atomic E-state index is 13.2. The number of halogens is 5. The van der Waals surface area contributed by atoms with Gasteiger partial charge in [0.15, 0.2) is 0 Å². The third-order valence-electron chi connectivity index (χ3n) is 3.81. The standard InChI is InChI=1S/C15H16F5N3OS/c1-10(6-25-15(19,20)13(17)18)14(24,7-23-9-21-8-22-23)11-2-4-12(16)5-3-11/h2-5,8-10,13,24H,6-7H2,1H3. The number of benzene rings is 1. The van der Waals surface area contributed by atoms with Crippen LogP contribution >= 0.6 is 11.8 Å². The fourth-order valence-corrected chi connectivity index (χ4v) is 3.14. The van der Waals surface area contributed by atoms with E-state index < -0.39 is 34.8 Å². The molecule has 0 aliphatic heterocycles. The van der Waals surface area contributed by atoms with Crippen molar-refractivity contribution < 1.29 is 27.1 Å². The Hall–Kier alpha value is -1.68. The first-order valence-corrected chi connectivity index (χ1v) is 8.24. The second kappa shape index (κ2) is 7.69. The van der Waals surface area contributed by atoms with Gasteiger partial charge in [0.25, 0.3) is 0 Å². The van der Waals surface area contributed by atoms with E-state index in [0.717, 1.165) is 12.1 Å². The van der Waals surface area contributed by atoms with Crippen LogP contribution in [0.3, 0.4) is 0 Å². The average molecular weight is 381 g/mol. The van der Waals surface area contributed by atoms with Crippen LogP contribution in [0.15, 0.2) is 36.9 Å². The Kier molecular flexibility index (Phi) is 6.04. The van der Waals surface area contributed by atoms with Gasteiger partial charge in [-0.05, 0) is 17.7 Å². The second-order valence-corrected chi connectivity index (χ2v) is 6.77. The van der Waals surface area contributed by atoms with Crippen molar-refractivity contribution in [3.05, 3.63) is 48.3 Å². The van der Waals surface area contributed by atoms with Crippen LogP contribution in [0.4, 0.5) is 22.0 Å². The van der Waals surface area contributed by atoms with E-state index in [1.807, 2.05) is 0 Å². The smallest absolute Gasteiger partial charge is 0.353 e. The molecule has 2 atom stereocenters. The Morgan fingerprint density at radius 3 is 2.40 bits per heavy atom. The molecule has 0 bridgehead atoms. The van der Waals surface area contributed by atoms with Crippen LogP contribution in [-0.2, 0) is 12.1 Å². The van der Waals surface area contributed by atoms with Gasteiger partial charge in [-0.1, -0.05) is 30.8 Å². The molecule has 0 radical (unpaired) electrons. The van der Waals surface area contributed by atoms with Crippen molar-refractivity contribution in [1.29, 1.82) is 0 Å². The predicted molar refractivity (Wildman–Crippen MR) is 82.9 cm³/mol. The lowest BCUT2D eigenvalue weighted by Gasteiger charge is -2.35. The van der Waals surface area contributed by atoms with Crippen molar-refractivity contribution in [2.75, 3.05) is 5.75 Å². The van der Waals surface area contributed by atoms with Crippen molar-refractivity contribution in [2.45, 2.75) is 30.7 Å². The number of hydrogen-bond donors (Lipinski definition) is 1. The second-order valence-electron chi connectivity index (χ2n) is 5.60. The Bertz CT molecular complexity index is 668. The lowest BCUT2D eigenvalue weighted by atomic mass is 9.83. The van der Waals surface area contributed by atoms with E-state index in [0.29, 0.717) is 0 Å². The summed E-state index contributed by atoms with van der Waals surface area (Å²) >= 11 is -0.230. The first-order valence-electron chi connectivity index (χ1n) is 7.26. The zero-order valence-corrected chi connectivity index (χ0v) is 13.9. The molecule has 2 unspecified atom stereocenters. The van der Waals surface area contributed by atoms with Crippen molar-refractivity contribution in [1.82, 2.24) is 14.8 Å². The molecule has 2 rings (SSSR count). The monoisotopic (exact) mass is 381 g/mol. The van der Waals surface area contributed by atoms with Crippen LogP contribution in [-0.4, -0.2) is 37.3 Å². The molecule has 0 spiro atoms. The van der Waals surface area contributed by atoms with Crippen LogP contribution in [0.5, 0.6) is 0 Å². The van der Waals surface area contributed by atoms with Crippen LogP contribution in [0.1, 0.15) is 12.5 Å². The van der Waals surface area contributed by atoms with E-state index in [2.05, 4.69) is 10.1 Å². The normalized spacial score (nSPS) is 16.0. The first-order chi connectivity index (χ1) is 11.6. The molecule has 0 saturated carbocycles. The van der Waals surface area contributed by atoms with Crippen molar-refractivity contribution in [3.8, 4) is 0 Å². The lowest BCUT2D eigenvalue weighted by molar-refractivity contribution is -0.0580. The lowest BCUT2D eigenvalue weighted by Crippen LogP contribution is -2.40. The summed E-state index contributed by atoms with van der Waals surface area (Å²) in [6.45, 7) is 1.30. The van der Waals surface area contributed by atoms with Gasteiger partial charge >= 0.3 is 11.7 Å². The molecule has 1 aromatic heterocycles. The van der Waals surface area contributed by atoms with Crippen molar-refractivity contribution in [3.63, 3.8) is 0 Å². The number of alkyl halides is 4. The maximum absolute atomic E-state index is 13.2. The minimum Gasteiger partial charge on any atom is -0.383 e. The Balaban J connectivity index is 2.25. The van der Waals surface area contributed by atoms with Gasteiger partial charge in [-0.15, -0.1) is 0 Å². The molecule has 1 heterocycles. The van der Waals surface area contributed by atoms with Gasteiger partial charge in [-0.2, -0.15) is 13.9 Å². The van der Waals surface area contributed by atoms with Crippen LogP contribution in [0.25, 0.3) is 0 Å². The molecule has 2 aromatic rings. The number of aromatic nitrogens is 3. The van der Waals surface area contributed by atoms with Crippen molar-refractivity contribution in [2.24, 2.45) is 5.92 Å². The number of thioether (sulfide) groups is 1. The number of nitrogens with zero attached hydrogens (tertiary/aromatic N) is 3. The summed E-state index contributed by atoms with van der Waals surface area (Å²) in [5.74, 6) is -1.84. The summed E-state index contributed by atoms with van der Waals surface area (Å²) in [5, 5.41) is 10.7. The molecule has 10 heteroatoms. The molecular weight excluding hydrogens is 365 g/mol. The maximum Gasteiger partial charge on any atom is 0.353 e. The molecule has 0 aliphatic rings. The quantitative estimate of drug-likeness (QED) is 0.711. The molecule has 0 amide bonds. The number of aliphatic hydroxyl groups is 1. The van der Waals surface area contributed by atoms with Gasteiger partial charge < -0.3 is 5.11 Å². The Morgan fingerprint density at radius 2 is 1.88 bits per heavy atom. The first kappa shape index (κ1) is 19.6. The number of rotatable bonds is 8. The fraction of sp³-hybridized carbons (Fsp3) is 0.467. The van der Waals surface area contributed by atoms with Crippen LogP contribution in [0, 0.1) is 11.7 Å². The third kappa shape index (κ3) is 4.69. The highest BCUT2D eigenvalue weighted by molar-refractivity contribution is 8.00. The molecular formula is C15H16F5N3OS. The minimum atomic E-state index is -4.22. The minimum absolute atomic E-state index is 0.152. The summed E-state index contributed by atoms with van der Waals surface area (Å²) in [5.41, 5.74) is -1.47. The van der Waals surface area contributed by atoms with Gasteiger partial charge in [-0.25, -0.2) is 22.8 Å². The topological polar surface area (TPSA) is 50.9 Å². The summed E-state index contributed by atoms with van der Waals surface area (Å²) in [4.78, 5) is 3.74. The average Bonchev–Trinajstić information content (AvgIpc) is 3.05. The largest absolute Gasteiger partial charge is 0.383 e. The predicted octanol–water partition coefficient (Wildman–Crippen LogP) is 3.53. The van der Waals surface area contributed by atoms with E-state index in [9.17, 15) is 27.1 Å². The molecule has 1 aromatic carbocycles. The Labute approximate surface area is 145 Å². The van der Waals surface area contributed by atoms with Gasteiger partial charge in [0.05, 0.1) is 6.54 Å². The SMILES string of the molecule is CC(CSC(F)(F)C(F)F)C(O)(Cn1cncn1)c1ccc(F)cc1. The molecule has 0 saturated heterocycles. The fourth-order valence-electron chi connectivity index (χ4n) is 2.27. The highest BCUT2D eigenvalue weighted by Gasteiger charge is 2.44. The molecule has 138 valence electrons. The summed E-state index contributed by atoms with van der Waals surface area (Å²) in [6.07, 6.45) is -1.25. The molecule has 0 aliphatic carbocycles. The molecule has 0 fully saturated rings. The summed E-state index contributed by atoms with van der Waals surface area (Å²) in [6, 6.07) is 4.88. The zero-order valence-electron chi connectivity index (χ0n) is 13.1. The van der Waals surface area contributed by atoms with Crippen molar-refractivity contribution >= 4 is 11.8 Å². The highest BCUT2D eigenvalue weighted by Crippen LogP contribution is 2.40. The van der Waals surface area contributed by atoms with Gasteiger partial charge in [0.1, 0.15) is 24.1 Å². The highest BCUT2D eigenvalue weighted by atomic mass is 32.2. The van der Waals surface area contributed by atoms with E-state index in [1.165, 1.54) is 36.4 Å². The Morgan fingerprint density at radius 1 is 1.24 bits per heavy atom. The van der Waals surface area contributed by atoms with Gasteiger partial charge in [-0.3, -0.25) is 0 Å². The van der Waals surface area contributed by atoms with Gasteiger partial charge in [0, 0.05) is 11.7 Å². The summed E-state index contributed by atoms with van der Waals surface area (Å²) < 4.78 is 65.5. The van der Waals surface area contributed by atoms with Crippen LogP contribution in [0.2, 0.25) is 0 Å². The zero-order chi connectivity index (χ0) is 18.7. The van der Waals surface area contributed by atoms with Crippen LogP contribution < -0.4 is 0 Å². The summed E-state index contributed by atoms with van der Waals surface area (Å²) in [7, 11) is 0. The van der Waals surface area contributed by atoms with E-state index in [4.69, 9.17) is 0 Å². The van der Waals surface area contributed by atoms with E-state index in [1.54, 1.807) is 0 Å². The molecule has 4 nitrogen and oxygen atoms in total. The number of hydrogen-bond acceptors (Lipinski definition) is 4. The third-order valence-corrected chi connectivity index (χ3v) is 5.04. The van der Waals surface area contributed by atoms with Gasteiger partial charge in [0.2, 0.25) is 0 Å². The molecule has 25 heavy (non-hydrogen) atoms.